The van der Waals surface area contributed by atoms with Gasteiger partial charge in [-0.25, -0.2) is 9.59 Å². The van der Waals surface area contributed by atoms with Crippen molar-refractivity contribution in [2.75, 3.05) is 7.11 Å². The number of nitrogens with one attached hydrogen (secondary N) is 1. The van der Waals surface area contributed by atoms with Crippen LogP contribution in [0.5, 0.6) is 11.5 Å². The first-order valence-electron chi connectivity index (χ1n) is 14.9. The van der Waals surface area contributed by atoms with E-state index in [1.165, 1.54) is 7.11 Å². The van der Waals surface area contributed by atoms with Gasteiger partial charge in [-0.3, -0.25) is 9.59 Å². The molecule has 0 spiro atoms. The third-order valence-electron chi connectivity index (χ3n) is 7.68. The molecule has 0 aliphatic rings. The highest BCUT2D eigenvalue weighted by Crippen LogP contribution is 2.45. The van der Waals surface area contributed by atoms with Crippen LogP contribution in [0.4, 0.5) is 0 Å². The van der Waals surface area contributed by atoms with Crippen LogP contribution in [0.3, 0.4) is 0 Å². The number of carbonyl (C=O) groups is 4. The summed E-state index contributed by atoms with van der Waals surface area (Å²) in [4.78, 5) is 52.5. The Balaban J connectivity index is 1.47. The smallest absolute Gasteiger partial charge is 0.343 e. The van der Waals surface area contributed by atoms with E-state index >= 15 is 0 Å². The molecule has 0 aliphatic carbocycles. The van der Waals surface area contributed by atoms with Crippen LogP contribution < -0.4 is 14.8 Å². The molecule has 6 aromatic rings. The van der Waals surface area contributed by atoms with Crippen molar-refractivity contribution in [3.63, 3.8) is 0 Å². The number of hydrogen-bond donors (Lipinski definition) is 1. The summed E-state index contributed by atoms with van der Waals surface area (Å²) in [6.07, 6.45) is -0.453. The van der Waals surface area contributed by atoms with Crippen molar-refractivity contribution in [1.29, 1.82) is 0 Å². The van der Waals surface area contributed by atoms with Gasteiger partial charge in [-0.2, -0.15) is 0 Å². The van der Waals surface area contributed by atoms with Crippen LogP contribution in [0.1, 0.15) is 27.1 Å². The zero-order valence-corrected chi connectivity index (χ0v) is 25.3. The quantitative estimate of drug-likeness (QED) is 0.135. The van der Waals surface area contributed by atoms with E-state index in [1.807, 2.05) is 60.7 Å². The number of methoxy groups -OCH3 is 1. The lowest BCUT2D eigenvalue weighted by molar-refractivity contribution is -0.146. The summed E-state index contributed by atoms with van der Waals surface area (Å²) in [5, 5.41) is 5.81. The zero-order chi connectivity index (χ0) is 32.8. The summed E-state index contributed by atoms with van der Waals surface area (Å²) < 4.78 is 16.9. The highest BCUT2D eigenvalue weighted by Gasteiger charge is 2.29. The molecular formula is C39H29NO7. The van der Waals surface area contributed by atoms with Crippen molar-refractivity contribution in [2.24, 2.45) is 0 Å². The lowest BCUT2D eigenvalue weighted by atomic mass is 9.92. The lowest BCUT2D eigenvalue weighted by Crippen LogP contribution is -2.44. The summed E-state index contributed by atoms with van der Waals surface area (Å²) in [7, 11) is 1.20. The number of carbonyl (C=O) groups excluding carboxylic acids is 4. The molecule has 0 saturated carbocycles. The van der Waals surface area contributed by atoms with Crippen LogP contribution in [0.15, 0.2) is 133 Å². The zero-order valence-electron chi connectivity index (χ0n) is 25.3. The Morgan fingerprint density at radius 3 is 1.62 bits per heavy atom. The van der Waals surface area contributed by atoms with Gasteiger partial charge in [0.15, 0.2) is 0 Å². The van der Waals surface area contributed by atoms with E-state index in [9.17, 15) is 19.2 Å². The molecule has 8 heteroatoms. The Morgan fingerprint density at radius 2 is 1.06 bits per heavy atom. The van der Waals surface area contributed by atoms with Crippen LogP contribution in [-0.2, 0) is 14.3 Å². The molecule has 0 bridgehead atoms. The number of ether oxygens (including phenoxy) is 3. The monoisotopic (exact) mass is 623 g/mol. The number of benzene rings is 6. The van der Waals surface area contributed by atoms with E-state index in [0.717, 1.165) is 21.5 Å². The Bertz CT molecular complexity index is 2110. The molecule has 0 aromatic heterocycles. The molecule has 0 radical (unpaired) electrons. The standard InChI is InChI=1S/C39H29NO7/c1-45-34(41)24-31(40-37(42)27-14-4-2-5-15-27)39(44)47-33-23-21-26-13-9-11-19-30(26)36(33)35-29-18-10-8-12-25(29)20-22-32(35)46-38(43)28-16-6-3-7-17-28/h2-23,31H,24H2,1H3,(H,40,42). The number of rotatable bonds is 9. The van der Waals surface area contributed by atoms with Gasteiger partial charge >= 0.3 is 17.9 Å². The lowest BCUT2D eigenvalue weighted by Gasteiger charge is -2.21. The molecule has 1 amide bonds. The molecule has 0 saturated heterocycles. The van der Waals surface area contributed by atoms with Crippen molar-refractivity contribution >= 4 is 45.4 Å². The molecule has 6 aromatic carbocycles. The first kappa shape index (κ1) is 30.7. The number of fused-ring (bicyclic) bond motifs is 2. The number of hydrogen-bond acceptors (Lipinski definition) is 7. The molecule has 8 nitrogen and oxygen atoms in total. The Hall–Kier alpha value is -6.28. The van der Waals surface area contributed by atoms with E-state index in [-0.39, 0.29) is 11.5 Å². The number of amides is 1. The molecule has 0 fully saturated rings. The minimum absolute atomic E-state index is 0.144. The van der Waals surface area contributed by atoms with Gasteiger partial charge in [-0.15, -0.1) is 0 Å². The van der Waals surface area contributed by atoms with Crippen LogP contribution in [0, 0.1) is 0 Å². The van der Waals surface area contributed by atoms with Crippen LogP contribution in [0.2, 0.25) is 0 Å². The molecule has 6 rings (SSSR count). The van der Waals surface area contributed by atoms with Gasteiger partial charge < -0.3 is 19.5 Å². The van der Waals surface area contributed by atoms with Gasteiger partial charge in [-0.05, 0) is 57.9 Å². The fourth-order valence-electron chi connectivity index (χ4n) is 5.38. The predicted octanol–water partition coefficient (Wildman–Crippen LogP) is 7.15. The second-order valence-electron chi connectivity index (χ2n) is 10.7. The van der Waals surface area contributed by atoms with E-state index in [1.54, 1.807) is 72.8 Å². The van der Waals surface area contributed by atoms with Gasteiger partial charge in [0.1, 0.15) is 17.5 Å². The molecular weight excluding hydrogens is 594 g/mol. The Labute approximate surface area is 270 Å². The van der Waals surface area contributed by atoms with Crippen molar-refractivity contribution < 1.29 is 33.4 Å². The number of esters is 3. The Kier molecular flexibility index (Phi) is 9.02. The Morgan fingerprint density at radius 1 is 0.574 bits per heavy atom. The van der Waals surface area contributed by atoms with Gasteiger partial charge in [0.05, 0.1) is 19.1 Å². The SMILES string of the molecule is COC(=O)CC(NC(=O)c1ccccc1)C(=O)Oc1ccc2ccccc2c1-c1c(OC(=O)c2ccccc2)ccc2ccccc12. The fourth-order valence-corrected chi connectivity index (χ4v) is 5.38. The molecule has 0 heterocycles. The van der Waals surface area contributed by atoms with Crippen molar-refractivity contribution in [3.05, 3.63) is 145 Å². The van der Waals surface area contributed by atoms with Crippen molar-refractivity contribution in [1.82, 2.24) is 5.32 Å². The second-order valence-corrected chi connectivity index (χ2v) is 10.7. The minimum Gasteiger partial charge on any atom is -0.469 e. The summed E-state index contributed by atoms with van der Waals surface area (Å²) in [6, 6.07) is 37.8. The summed E-state index contributed by atoms with van der Waals surface area (Å²) in [5.74, 6) is -2.29. The van der Waals surface area contributed by atoms with Crippen LogP contribution in [0.25, 0.3) is 32.7 Å². The molecule has 232 valence electrons. The van der Waals surface area contributed by atoms with E-state index in [2.05, 4.69) is 5.32 Å². The maximum atomic E-state index is 13.8. The minimum atomic E-state index is -1.36. The topological polar surface area (TPSA) is 108 Å². The predicted molar refractivity (Wildman–Crippen MR) is 178 cm³/mol. The summed E-state index contributed by atoms with van der Waals surface area (Å²) >= 11 is 0. The maximum absolute atomic E-state index is 13.8. The molecule has 1 unspecified atom stereocenters. The average Bonchev–Trinajstić information content (AvgIpc) is 3.12. The molecule has 47 heavy (non-hydrogen) atoms. The first-order valence-corrected chi connectivity index (χ1v) is 14.9. The highest BCUT2D eigenvalue weighted by molar-refractivity contribution is 6.11. The average molecular weight is 624 g/mol. The fraction of sp³-hybridized carbons (Fsp3) is 0.0769. The van der Waals surface area contributed by atoms with Gasteiger partial charge in [-0.1, -0.05) is 97.1 Å². The third kappa shape index (κ3) is 6.72. The normalized spacial score (nSPS) is 11.4. The molecule has 1 N–H and O–H groups in total. The van der Waals surface area contributed by atoms with Crippen molar-refractivity contribution in [3.8, 4) is 22.6 Å². The summed E-state index contributed by atoms with van der Waals surface area (Å²) in [6.45, 7) is 0. The third-order valence-corrected chi connectivity index (χ3v) is 7.68. The van der Waals surface area contributed by atoms with E-state index in [0.29, 0.717) is 22.3 Å². The van der Waals surface area contributed by atoms with Gasteiger partial charge in [0.25, 0.3) is 5.91 Å². The largest absolute Gasteiger partial charge is 0.469 e. The maximum Gasteiger partial charge on any atom is 0.343 e. The van der Waals surface area contributed by atoms with Crippen LogP contribution >= 0.6 is 0 Å². The summed E-state index contributed by atoms with van der Waals surface area (Å²) in [5.41, 5.74) is 1.71. The molecule has 0 aliphatic heterocycles. The van der Waals surface area contributed by atoms with Gasteiger partial charge in [0.2, 0.25) is 0 Å². The van der Waals surface area contributed by atoms with E-state index < -0.39 is 36.3 Å². The van der Waals surface area contributed by atoms with Crippen molar-refractivity contribution in [2.45, 2.75) is 12.5 Å². The highest BCUT2D eigenvalue weighted by atomic mass is 16.5. The van der Waals surface area contributed by atoms with Crippen LogP contribution in [-0.4, -0.2) is 37.0 Å². The second kappa shape index (κ2) is 13.8. The van der Waals surface area contributed by atoms with E-state index in [4.69, 9.17) is 14.2 Å². The van der Waals surface area contributed by atoms with Gasteiger partial charge in [0, 0.05) is 16.7 Å². The molecule has 1 atom stereocenters. The first-order chi connectivity index (χ1) is 22.9.